The van der Waals surface area contributed by atoms with E-state index in [9.17, 15) is 4.79 Å². The first-order valence-corrected chi connectivity index (χ1v) is 10.7. The third kappa shape index (κ3) is 3.53. The van der Waals surface area contributed by atoms with Crippen LogP contribution in [-0.2, 0) is 6.54 Å². The van der Waals surface area contributed by atoms with Gasteiger partial charge >= 0.3 is 0 Å². The van der Waals surface area contributed by atoms with Crippen LogP contribution in [0.15, 0.2) is 60.2 Å². The lowest BCUT2D eigenvalue weighted by Crippen LogP contribution is -2.38. The molecule has 0 spiro atoms. The van der Waals surface area contributed by atoms with E-state index in [1.54, 1.807) is 28.4 Å². The van der Waals surface area contributed by atoms with Crippen LogP contribution >= 0.6 is 11.3 Å². The van der Waals surface area contributed by atoms with Crippen molar-refractivity contribution in [1.82, 2.24) is 24.9 Å². The highest BCUT2D eigenvalue weighted by Gasteiger charge is 2.31. The van der Waals surface area contributed by atoms with E-state index in [0.29, 0.717) is 12.2 Å². The molecule has 0 bridgehead atoms. The predicted molar refractivity (Wildman–Crippen MR) is 113 cm³/mol. The first-order chi connectivity index (χ1) is 14.3. The van der Waals surface area contributed by atoms with Crippen molar-refractivity contribution >= 4 is 28.0 Å². The number of nitrogens with zero attached hydrogens (tertiary/aromatic N) is 5. The molecule has 146 valence electrons. The minimum atomic E-state index is -0.0610. The molecule has 1 aliphatic rings. The van der Waals surface area contributed by atoms with Crippen molar-refractivity contribution in [3.63, 3.8) is 0 Å². The van der Waals surface area contributed by atoms with Gasteiger partial charge in [0.25, 0.3) is 5.91 Å². The Morgan fingerprint density at radius 1 is 1.14 bits per heavy atom. The minimum absolute atomic E-state index is 0.0412. The molecule has 6 nitrogen and oxygen atoms in total. The maximum Gasteiger partial charge on any atom is 0.276 e. The molecule has 0 N–H and O–H groups in total. The third-order valence-electron chi connectivity index (χ3n) is 5.47. The molecule has 1 saturated heterocycles. The lowest BCUT2D eigenvalue weighted by atomic mass is 10.0. The largest absolute Gasteiger partial charge is 0.328 e. The molecule has 5 rings (SSSR count). The van der Waals surface area contributed by atoms with E-state index in [1.165, 1.54) is 10.8 Å². The van der Waals surface area contributed by atoms with Gasteiger partial charge in [-0.15, -0.1) is 16.4 Å². The molecule has 7 heteroatoms. The van der Waals surface area contributed by atoms with Crippen molar-refractivity contribution in [2.45, 2.75) is 31.8 Å². The standard InChI is InChI=1S/C22H21N5OS/c28-22(27-12-4-3-10-20(27)21-23-11-13-29-21)19-15-26(25-24-19)14-17-8-5-7-16-6-1-2-9-18(16)17/h1-2,5-9,11,13,15,20H,3-4,10,12,14H2/t20-/m0/s1. The van der Waals surface area contributed by atoms with Crippen LogP contribution in [0.25, 0.3) is 10.8 Å². The summed E-state index contributed by atoms with van der Waals surface area (Å²) in [6.07, 6.45) is 6.64. The maximum atomic E-state index is 13.2. The van der Waals surface area contributed by atoms with Gasteiger partial charge in [-0.1, -0.05) is 47.7 Å². The molecule has 1 amide bonds. The van der Waals surface area contributed by atoms with Crippen LogP contribution < -0.4 is 0 Å². The fraction of sp³-hybridized carbons (Fsp3) is 0.273. The van der Waals surface area contributed by atoms with Gasteiger partial charge in [-0.3, -0.25) is 4.79 Å². The number of thiazole rings is 1. The number of piperidine rings is 1. The van der Waals surface area contributed by atoms with Crippen LogP contribution in [0, 0.1) is 0 Å². The van der Waals surface area contributed by atoms with Crippen LogP contribution in [0.1, 0.15) is 46.4 Å². The van der Waals surface area contributed by atoms with Gasteiger partial charge in [0, 0.05) is 18.1 Å². The Hall–Kier alpha value is -3.06. The van der Waals surface area contributed by atoms with Gasteiger partial charge in [0.15, 0.2) is 5.69 Å². The number of carbonyl (C=O) groups excluding carboxylic acids is 1. The lowest BCUT2D eigenvalue weighted by molar-refractivity contribution is 0.0605. The molecule has 3 heterocycles. The Kier molecular flexibility index (Phi) is 4.81. The molecular formula is C22H21N5OS. The highest BCUT2D eigenvalue weighted by Crippen LogP contribution is 2.32. The second-order valence-electron chi connectivity index (χ2n) is 7.32. The monoisotopic (exact) mass is 403 g/mol. The van der Waals surface area contributed by atoms with E-state index in [4.69, 9.17) is 0 Å². The molecule has 0 radical (unpaired) electrons. The van der Waals surface area contributed by atoms with E-state index < -0.39 is 0 Å². The maximum absolute atomic E-state index is 13.2. The number of rotatable bonds is 4. The number of carbonyl (C=O) groups is 1. The predicted octanol–water partition coefficient (Wildman–Crippen LogP) is 4.30. The summed E-state index contributed by atoms with van der Waals surface area (Å²) in [6.45, 7) is 1.32. The van der Waals surface area contributed by atoms with Crippen molar-refractivity contribution in [1.29, 1.82) is 0 Å². The molecule has 29 heavy (non-hydrogen) atoms. The zero-order valence-electron chi connectivity index (χ0n) is 15.9. The summed E-state index contributed by atoms with van der Waals surface area (Å²) in [6, 6.07) is 14.6. The Morgan fingerprint density at radius 3 is 2.93 bits per heavy atom. The second kappa shape index (κ2) is 7.75. The van der Waals surface area contributed by atoms with Crippen LogP contribution in [0.2, 0.25) is 0 Å². The average Bonchev–Trinajstić information content (AvgIpc) is 3.46. The van der Waals surface area contributed by atoms with E-state index in [2.05, 4.69) is 39.6 Å². The van der Waals surface area contributed by atoms with Crippen LogP contribution in [0.5, 0.6) is 0 Å². The van der Waals surface area contributed by atoms with Gasteiger partial charge in [-0.05, 0) is 35.6 Å². The fourth-order valence-electron chi connectivity index (χ4n) is 4.06. The van der Waals surface area contributed by atoms with E-state index in [1.807, 2.05) is 28.5 Å². The normalized spacial score (nSPS) is 17.0. The Morgan fingerprint density at radius 2 is 2.03 bits per heavy atom. The zero-order chi connectivity index (χ0) is 19.6. The number of hydrogen-bond acceptors (Lipinski definition) is 5. The molecule has 1 atom stereocenters. The summed E-state index contributed by atoms with van der Waals surface area (Å²) < 4.78 is 1.75. The number of amides is 1. The summed E-state index contributed by atoms with van der Waals surface area (Å²) in [4.78, 5) is 19.5. The van der Waals surface area contributed by atoms with Crippen molar-refractivity contribution in [2.75, 3.05) is 6.54 Å². The van der Waals surface area contributed by atoms with Crippen molar-refractivity contribution < 1.29 is 4.79 Å². The van der Waals surface area contributed by atoms with Gasteiger partial charge < -0.3 is 4.90 Å². The van der Waals surface area contributed by atoms with Crippen LogP contribution in [-0.4, -0.2) is 37.3 Å². The number of hydrogen-bond donors (Lipinski definition) is 0. The number of aromatic nitrogens is 4. The van der Waals surface area contributed by atoms with Crippen molar-refractivity contribution in [2.24, 2.45) is 0 Å². The molecule has 4 aromatic rings. The molecule has 0 saturated carbocycles. The molecular weight excluding hydrogens is 382 g/mol. The van der Waals surface area contributed by atoms with E-state index >= 15 is 0 Å². The molecule has 2 aromatic heterocycles. The first kappa shape index (κ1) is 18.0. The third-order valence-corrected chi connectivity index (χ3v) is 6.35. The SMILES string of the molecule is O=C(c1cn(Cc2cccc3ccccc23)nn1)N1CCCC[C@H]1c1nccs1. The summed E-state index contributed by atoms with van der Waals surface area (Å²) in [5.41, 5.74) is 1.55. The number of benzene rings is 2. The van der Waals surface area contributed by atoms with Crippen molar-refractivity contribution in [3.05, 3.63) is 76.5 Å². The topological polar surface area (TPSA) is 63.9 Å². The lowest BCUT2D eigenvalue weighted by Gasteiger charge is -2.33. The Labute approximate surface area is 172 Å². The molecule has 2 aromatic carbocycles. The fourth-order valence-corrected chi connectivity index (χ4v) is 4.84. The molecule has 1 fully saturated rings. The average molecular weight is 404 g/mol. The van der Waals surface area contributed by atoms with E-state index in [-0.39, 0.29) is 11.9 Å². The van der Waals surface area contributed by atoms with Gasteiger partial charge in [0.1, 0.15) is 5.01 Å². The first-order valence-electron chi connectivity index (χ1n) is 9.87. The van der Waals surface area contributed by atoms with Crippen molar-refractivity contribution in [3.8, 4) is 0 Å². The number of fused-ring (bicyclic) bond motifs is 1. The Bertz CT molecular complexity index is 1130. The molecule has 0 aliphatic carbocycles. The summed E-state index contributed by atoms with van der Waals surface area (Å²) >= 11 is 1.61. The summed E-state index contributed by atoms with van der Waals surface area (Å²) in [5, 5.41) is 13.8. The molecule has 0 unspecified atom stereocenters. The number of likely N-dealkylation sites (tertiary alicyclic amines) is 1. The highest BCUT2D eigenvalue weighted by molar-refractivity contribution is 7.09. The van der Waals surface area contributed by atoms with Gasteiger partial charge in [-0.25, -0.2) is 9.67 Å². The highest BCUT2D eigenvalue weighted by atomic mass is 32.1. The van der Waals surface area contributed by atoms with E-state index in [0.717, 1.165) is 36.4 Å². The minimum Gasteiger partial charge on any atom is -0.328 e. The summed E-state index contributed by atoms with van der Waals surface area (Å²) in [7, 11) is 0. The smallest absolute Gasteiger partial charge is 0.276 e. The second-order valence-corrected chi connectivity index (χ2v) is 8.25. The quantitative estimate of drug-likeness (QED) is 0.510. The van der Waals surface area contributed by atoms with Gasteiger partial charge in [0.05, 0.1) is 18.8 Å². The zero-order valence-corrected chi connectivity index (χ0v) is 16.8. The molecule has 1 aliphatic heterocycles. The van der Waals surface area contributed by atoms with Crippen LogP contribution in [0.4, 0.5) is 0 Å². The summed E-state index contributed by atoms with van der Waals surface area (Å²) in [5.74, 6) is -0.0610. The van der Waals surface area contributed by atoms with Crippen LogP contribution in [0.3, 0.4) is 0 Å². The van der Waals surface area contributed by atoms with Gasteiger partial charge in [0.2, 0.25) is 0 Å². The Balaban J connectivity index is 1.38. The van der Waals surface area contributed by atoms with Gasteiger partial charge in [-0.2, -0.15) is 0 Å².